The standard InChI is InChI=1S/C16H22F2N2/c17-15-6-3-12(8-16(15)18)10-20-7-1-2-13(11-20)9-19-14-4-5-14/h3,6,8,13-14,19H,1-2,4-5,7,9-11H2. The van der Waals surface area contributed by atoms with E-state index in [1.165, 1.54) is 37.8 Å². The lowest BCUT2D eigenvalue weighted by atomic mass is 9.97. The first-order valence-corrected chi connectivity index (χ1v) is 7.60. The molecule has 110 valence electrons. The molecule has 1 aliphatic carbocycles. The van der Waals surface area contributed by atoms with Crippen LogP contribution in [0, 0.1) is 17.6 Å². The van der Waals surface area contributed by atoms with E-state index in [0.717, 1.165) is 37.8 Å². The van der Waals surface area contributed by atoms with E-state index in [4.69, 9.17) is 0 Å². The maximum Gasteiger partial charge on any atom is 0.159 e. The summed E-state index contributed by atoms with van der Waals surface area (Å²) in [6.07, 6.45) is 5.12. The molecule has 1 aliphatic heterocycles. The van der Waals surface area contributed by atoms with Crippen LogP contribution in [0.5, 0.6) is 0 Å². The van der Waals surface area contributed by atoms with Gasteiger partial charge in [-0.2, -0.15) is 0 Å². The van der Waals surface area contributed by atoms with E-state index >= 15 is 0 Å². The van der Waals surface area contributed by atoms with Gasteiger partial charge < -0.3 is 5.32 Å². The summed E-state index contributed by atoms with van der Waals surface area (Å²) < 4.78 is 26.1. The Bertz CT molecular complexity index is 460. The Morgan fingerprint density at radius 2 is 2.00 bits per heavy atom. The van der Waals surface area contributed by atoms with E-state index in [-0.39, 0.29) is 0 Å². The van der Waals surface area contributed by atoms with Crippen LogP contribution in [0.25, 0.3) is 0 Å². The van der Waals surface area contributed by atoms with Crippen LogP contribution in [-0.2, 0) is 6.54 Å². The molecule has 1 saturated carbocycles. The molecular formula is C16H22F2N2. The van der Waals surface area contributed by atoms with E-state index in [1.807, 2.05) is 0 Å². The number of hydrogen-bond acceptors (Lipinski definition) is 2. The first-order valence-electron chi connectivity index (χ1n) is 7.60. The average molecular weight is 280 g/mol. The van der Waals surface area contributed by atoms with Crippen LogP contribution in [0.4, 0.5) is 8.78 Å². The molecule has 4 heteroatoms. The summed E-state index contributed by atoms with van der Waals surface area (Å²) in [5.74, 6) is -0.819. The molecule has 20 heavy (non-hydrogen) atoms. The van der Waals surface area contributed by atoms with Crippen LogP contribution in [-0.4, -0.2) is 30.6 Å². The van der Waals surface area contributed by atoms with E-state index in [1.54, 1.807) is 6.07 Å². The Hall–Kier alpha value is -1.00. The Balaban J connectivity index is 1.51. The van der Waals surface area contributed by atoms with Crippen molar-refractivity contribution in [2.75, 3.05) is 19.6 Å². The first-order chi connectivity index (χ1) is 9.70. The minimum atomic E-state index is -0.765. The zero-order valence-corrected chi connectivity index (χ0v) is 11.7. The van der Waals surface area contributed by atoms with E-state index in [9.17, 15) is 8.78 Å². The first kappa shape index (κ1) is 14.0. The van der Waals surface area contributed by atoms with Gasteiger partial charge in [0.2, 0.25) is 0 Å². The summed E-state index contributed by atoms with van der Waals surface area (Å²) in [7, 11) is 0. The van der Waals surface area contributed by atoms with E-state index in [2.05, 4.69) is 10.2 Å². The lowest BCUT2D eigenvalue weighted by molar-refractivity contribution is 0.165. The fourth-order valence-electron chi connectivity index (χ4n) is 2.98. The van der Waals surface area contributed by atoms with Gasteiger partial charge in [-0.05, 0) is 62.4 Å². The molecule has 0 radical (unpaired) electrons. The Labute approximate surface area is 119 Å². The van der Waals surface area contributed by atoms with Crippen molar-refractivity contribution in [3.63, 3.8) is 0 Å². The molecule has 1 saturated heterocycles. The fraction of sp³-hybridized carbons (Fsp3) is 0.625. The topological polar surface area (TPSA) is 15.3 Å². The number of halogens is 2. The van der Waals surface area contributed by atoms with Gasteiger partial charge in [-0.15, -0.1) is 0 Å². The molecule has 1 heterocycles. The smallest absolute Gasteiger partial charge is 0.159 e. The monoisotopic (exact) mass is 280 g/mol. The number of hydrogen-bond donors (Lipinski definition) is 1. The summed E-state index contributed by atoms with van der Waals surface area (Å²) in [5, 5.41) is 3.59. The molecule has 0 aromatic heterocycles. The quantitative estimate of drug-likeness (QED) is 0.892. The van der Waals surface area contributed by atoms with Crippen molar-refractivity contribution in [3.05, 3.63) is 35.4 Å². The SMILES string of the molecule is Fc1ccc(CN2CCCC(CNC3CC3)C2)cc1F. The van der Waals surface area contributed by atoms with Gasteiger partial charge in [0.25, 0.3) is 0 Å². The Morgan fingerprint density at radius 1 is 1.15 bits per heavy atom. The van der Waals surface area contributed by atoms with Crippen LogP contribution in [0.2, 0.25) is 0 Å². The molecule has 2 nitrogen and oxygen atoms in total. The largest absolute Gasteiger partial charge is 0.314 e. The van der Waals surface area contributed by atoms with Gasteiger partial charge in [-0.25, -0.2) is 8.78 Å². The number of nitrogens with one attached hydrogen (secondary N) is 1. The predicted octanol–water partition coefficient (Wildman–Crippen LogP) is 2.93. The molecule has 2 fully saturated rings. The molecule has 0 spiro atoms. The second-order valence-corrected chi connectivity index (χ2v) is 6.17. The van der Waals surface area contributed by atoms with Crippen LogP contribution >= 0.6 is 0 Å². The van der Waals surface area contributed by atoms with Crippen molar-refractivity contribution in [1.29, 1.82) is 0 Å². The summed E-state index contributed by atoms with van der Waals surface area (Å²) in [4.78, 5) is 2.36. The average Bonchev–Trinajstić information content (AvgIpc) is 3.25. The van der Waals surface area contributed by atoms with Crippen molar-refractivity contribution in [2.24, 2.45) is 5.92 Å². The molecule has 1 atom stereocenters. The molecule has 1 aromatic rings. The number of piperidine rings is 1. The van der Waals surface area contributed by atoms with Crippen molar-refractivity contribution in [2.45, 2.75) is 38.3 Å². The number of rotatable bonds is 5. The van der Waals surface area contributed by atoms with Gasteiger partial charge in [0.1, 0.15) is 0 Å². The van der Waals surface area contributed by atoms with Crippen molar-refractivity contribution >= 4 is 0 Å². The lowest BCUT2D eigenvalue weighted by Gasteiger charge is -2.33. The molecule has 3 rings (SSSR count). The van der Waals surface area contributed by atoms with Gasteiger partial charge in [0.15, 0.2) is 11.6 Å². The highest BCUT2D eigenvalue weighted by molar-refractivity contribution is 5.17. The molecule has 1 unspecified atom stereocenters. The van der Waals surface area contributed by atoms with Crippen LogP contribution in [0.1, 0.15) is 31.2 Å². The Morgan fingerprint density at radius 3 is 2.75 bits per heavy atom. The summed E-state index contributed by atoms with van der Waals surface area (Å²) in [5.41, 5.74) is 0.861. The minimum absolute atomic E-state index is 0.689. The summed E-state index contributed by atoms with van der Waals surface area (Å²) in [6, 6.07) is 4.99. The highest BCUT2D eigenvalue weighted by atomic mass is 19.2. The maximum atomic E-state index is 13.2. The van der Waals surface area contributed by atoms with E-state index in [0.29, 0.717) is 5.92 Å². The third kappa shape index (κ3) is 3.76. The zero-order valence-electron chi connectivity index (χ0n) is 11.7. The maximum absolute atomic E-state index is 13.2. The summed E-state index contributed by atoms with van der Waals surface area (Å²) >= 11 is 0. The van der Waals surface area contributed by atoms with Crippen molar-refractivity contribution in [3.8, 4) is 0 Å². The molecular weight excluding hydrogens is 258 g/mol. The molecule has 1 N–H and O–H groups in total. The molecule has 0 bridgehead atoms. The zero-order chi connectivity index (χ0) is 13.9. The highest BCUT2D eigenvalue weighted by Gasteiger charge is 2.24. The normalized spacial score (nSPS) is 24.0. The summed E-state index contributed by atoms with van der Waals surface area (Å²) in [6.45, 7) is 3.92. The van der Waals surface area contributed by atoms with Crippen molar-refractivity contribution < 1.29 is 8.78 Å². The second-order valence-electron chi connectivity index (χ2n) is 6.17. The second kappa shape index (κ2) is 6.19. The van der Waals surface area contributed by atoms with Gasteiger partial charge in [-0.3, -0.25) is 4.90 Å². The fourth-order valence-corrected chi connectivity index (χ4v) is 2.98. The van der Waals surface area contributed by atoms with Crippen LogP contribution in [0.15, 0.2) is 18.2 Å². The lowest BCUT2D eigenvalue weighted by Crippen LogP contribution is -2.39. The number of benzene rings is 1. The molecule has 0 amide bonds. The van der Waals surface area contributed by atoms with Crippen molar-refractivity contribution in [1.82, 2.24) is 10.2 Å². The van der Waals surface area contributed by atoms with Crippen LogP contribution < -0.4 is 5.32 Å². The highest BCUT2D eigenvalue weighted by Crippen LogP contribution is 2.22. The van der Waals surface area contributed by atoms with Gasteiger partial charge in [-0.1, -0.05) is 6.07 Å². The minimum Gasteiger partial charge on any atom is -0.314 e. The third-order valence-electron chi connectivity index (χ3n) is 4.27. The third-order valence-corrected chi connectivity index (χ3v) is 4.27. The molecule has 1 aromatic carbocycles. The Kier molecular flexibility index (Phi) is 4.32. The number of likely N-dealkylation sites (tertiary alicyclic amines) is 1. The van der Waals surface area contributed by atoms with Crippen LogP contribution in [0.3, 0.4) is 0 Å². The molecule has 2 aliphatic rings. The van der Waals surface area contributed by atoms with Gasteiger partial charge >= 0.3 is 0 Å². The predicted molar refractivity (Wildman–Crippen MR) is 75.4 cm³/mol. The number of nitrogens with zero attached hydrogens (tertiary/aromatic N) is 1. The van der Waals surface area contributed by atoms with Gasteiger partial charge in [0.05, 0.1) is 0 Å². The van der Waals surface area contributed by atoms with Gasteiger partial charge in [0, 0.05) is 19.1 Å². The van der Waals surface area contributed by atoms with E-state index < -0.39 is 11.6 Å².